The van der Waals surface area contributed by atoms with Gasteiger partial charge in [-0.2, -0.15) is 0 Å². The van der Waals surface area contributed by atoms with Gasteiger partial charge in [-0.15, -0.1) is 10.2 Å². The van der Waals surface area contributed by atoms with Crippen LogP contribution in [0.3, 0.4) is 0 Å². The summed E-state index contributed by atoms with van der Waals surface area (Å²) in [5.74, 6) is 5.28. The highest BCUT2D eigenvalue weighted by molar-refractivity contribution is 7.15. The Morgan fingerprint density at radius 1 is 1.50 bits per heavy atom. The molecule has 0 aliphatic rings. The first kappa shape index (κ1) is 14.1. The van der Waals surface area contributed by atoms with Gasteiger partial charge in [-0.3, -0.25) is 15.1 Å². The molecule has 7 heteroatoms. The molecule has 0 unspecified atom stereocenters. The third kappa shape index (κ3) is 3.60. The maximum Gasteiger partial charge on any atom is 0.258 e. The smallest absolute Gasteiger partial charge is 0.258 e. The van der Waals surface area contributed by atoms with Crippen LogP contribution in [0.2, 0.25) is 0 Å². The largest absolute Gasteiger partial charge is 0.395 e. The predicted molar refractivity (Wildman–Crippen MR) is 75.4 cm³/mol. The van der Waals surface area contributed by atoms with Gasteiger partial charge in [-0.25, -0.2) is 0 Å². The summed E-state index contributed by atoms with van der Waals surface area (Å²) in [7, 11) is 0. The fourth-order valence-corrected chi connectivity index (χ4v) is 2.00. The lowest BCUT2D eigenvalue weighted by Crippen LogP contribution is -2.13. The zero-order chi connectivity index (χ0) is 14.4. The van der Waals surface area contributed by atoms with Gasteiger partial charge in [0.2, 0.25) is 5.13 Å². The summed E-state index contributed by atoms with van der Waals surface area (Å²) in [6.07, 6.45) is 3.40. The van der Waals surface area contributed by atoms with E-state index in [0.717, 1.165) is 5.01 Å². The molecule has 0 fully saturated rings. The third-order valence-electron chi connectivity index (χ3n) is 2.27. The second-order valence-electron chi connectivity index (χ2n) is 3.78. The molecule has 2 aromatic rings. The summed E-state index contributed by atoms with van der Waals surface area (Å²) >= 11 is 1.30. The van der Waals surface area contributed by atoms with E-state index in [0.29, 0.717) is 22.7 Å². The van der Waals surface area contributed by atoms with Crippen molar-refractivity contribution in [3.8, 4) is 11.8 Å². The fourth-order valence-electron chi connectivity index (χ4n) is 1.42. The minimum Gasteiger partial charge on any atom is -0.395 e. The highest BCUT2D eigenvalue weighted by Crippen LogP contribution is 2.15. The SMILES string of the molecule is Cc1nnc(NC(=O)c2ccncc2C#CCCO)s1. The topological polar surface area (TPSA) is 88.0 Å². The number of aromatic nitrogens is 3. The number of carbonyl (C=O) groups is 1. The highest BCUT2D eigenvalue weighted by atomic mass is 32.1. The summed E-state index contributed by atoms with van der Waals surface area (Å²) in [5, 5.41) is 20.3. The molecule has 2 N–H and O–H groups in total. The number of hydrogen-bond acceptors (Lipinski definition) is 6. The van der Waals surface area contributed by atoms with Crippen LogP contribution in [0.25, 0.3) is 0 Å². The Hall–Kier alpha value is -2.30. The van der Waals surface area contributed by atoms with Gasteiger partial charge in [-0.05, 0) is 13.0 Å². The number of amides is 1. The Labute approximate surface area is 119 Å². The summed E-state index contributed by atoms with van der Waals surface area (Å²) in [4.78, 5) is 16.1. The van der Waals surface area contributed by atoms with E-state index in [1.165, 1.54) is 23.7 Å². The maximum absolute atomic E-state index is 12.2. The van der Waals surface area contributed by atoms with Crippen LogP contribution in [0.5, 0.6) is 0 Å². The number of aliphatic hydroxyl groups excluding tert-OH is 1. The van der Waals surface area contributed by atoms with Crippen molar-refractivity contribution in [3.05, 3.63) is 34.6 Å². The Kier molecular flexibility index (Phi) is 4.76. The molecule has 0 aliphatic heterocycles. The lowest BCUT2D eigenvalue weighted by atomic mass is 10.1. The van der Waals surface area contributed by atoms with Crippen LogP contribution < -0.4 is 5.32 Å². The first-order valence-electron chi connectivity index (χ1n) is 5.86. The van der Waals surface area contributed by atoms with Crippen molar-refractivity contribution in [2.24, 2.45) is 0 Å². The van der Waals surface area contributed by atoms with Crippen molar-refractivity contribution in [2.45, 2.75) is 13.3 Å². The molecule has 0 saturated heterocycles. The lowest BCUT2D eigenvalue weighted by Gasteiger charge is -2.03. The van der Waals surface area contributed by atoms with Crippen molar-refractivity contribution in [1.29, 1.82) is 0 Å². The number of hydrogen-bond donors (Lipinski definition) is 2. The molecule has 20 heavy (non-hydrogen) atoms. The lowest BCUT2D eigenvalue weighted by molar-refractivity contribution is 0.102. The van der Waals surface area contributed by atoms with Gasteiger partial charge < -0.3 is 5.11 Å². The Morgan fingerprint density at radius 3 is 3.05 bits per heavy atom. The van der Waals surface area contributed by atoms with Crippen LogP contribution in [0.1, 0.15) is 27.3 Å². The first-order valence-corrected chi connectivity index (χ1v) is 6.67. The summed E-state index contributed by atoms with van der Waals surface area (Å²) in [6, 6.07) is 1.59. The van der Waals surface area contributed by atoms with E-state index in [9.17, 15) is 4.79 Å². The van der Waals surface area contributed by atoms with Crippen LogP contribution in [-0.2, 0) is 0 Å². The van der Waals surface area contributed by atoms with E-state index in [1.807, 2.05) is 6.92 Å². The number of anilines is 1. The van der Waals surface area contributed by atoms with E-state index >= 15 is 0 Å². The van der Waals surface area contributed by atoms with Crippen molar-refractivity contribution < 1.29 is 9.90 Å². The molecule has 0 aliphatic carbocycles. The molecule has 2 aromatic heterocycles. The fraction of sp³-hybridized carbons (Fsp3) is 0.231. The Morgan fingerprint density at radius 2 is 2.35 bits per heavy atom. The number of aliphatic hydroxyl groups is 1. The second kappa shape index (κ2) is 6.75. The normalized spacial score (nSPS) is 9.70. The molecule has 0 bridgehead atoms. The van der Waals surface area contributed by atoms with Gasteiger partial charge in [0.1, 0.15) is 5.01 Å². The van der Waals surface area contributed by atoms with Gasteiger partial charge >= 0.3 is 0 Å². The van der Waals surface area contributed by atoms with Crippen LogP contribution in [0.4, 0.5) is 5.13 Å². The maximum atomic E-state index is 12.2. The number of pyridine rings is 1. The number of nitrogens with one attached hydrogen (secondary N) is 1. The van der Waals surface area contributed by atoms with E-state index < -0.39 is 0 Å². The van der Waals surface area contributed by atoms with Crippen molar-refractivity contribution >= 4 is 22.4 Å². The third-order valence-corrected chi connectivity index (χ3v) is 3.03. The minimum absolute atomic E-state index is 0.0150. The first-order chi connectivity index (χ1) is 9.70. The summed E-state index contributed by atoms with van der Waals surface area (Å²) < 4.78 is 0. The zero-order valence-electron chi connectivity index (χ0n) is 10.8. The molecule has 0 saturated carbocycles. The molecule has 102 valence electrons. The molecule has 6 nitrogen and oxygen atoms in total. The van der Waals surface area contributed by atoms with Crippen LogP contribution >= 0.6 is 11.3 Å². The molecule has 1 amide bonds. The average Bonchev–Trinajstić information content (AvgIpc) is 2.85. The molecule has 2 rings (SSSR count). The van der Waals surface area contributed by atoms with E-state index in [1.54, 1.807) is 6.07 Å². The van der Waals surface area contributed by atoms with Crippen LogP contribution in [0.15, 0.2) is 18.5 Å². The number of carbonyl (C=O) groups excluding carboxylic acids is 1. The summed E-state index contributed by atoms with van der Waals surface area (Å²) in [6.45, 7) is 1.80. The van der Waals surface area contributed by atoms with E-state index in [-0.39, 0.29) is 12.5 Å². The molecule has 0 atom stereocenters. The highest BCUT2D eigenvalue weighted by Gasteiger charge is 2.12. The van der Waals surface area contributed by atoms with Gasteiger partial charge in [-0.1, -0.05) is 23.2 Å². The van der Waals surface area contributed by atoms with Crippen molar-refractivity contribution in [2.75, 3.05) is 11.9 Å². The number of aryl methyl sites for hydroxylation is 1. The van der Waals surface area contributed by atoms with Gasteiger partial charge in [0, 0.05) is 18.8 Å². The number of rotatable bonds is 3. The van der Waals surface area contributed by atoms with E-state index in [2.05, 4.69) is 32.3 Å². The zero-order valence-corrected chi connectivity index (χ0v) is 11.6. The summed E-state index contributed by atoms with van der Waals surface area (Å²) in [5.41, 5.74) is 0.929. The van der Waals surface area contributed by atoms with E-state index in [4.69, 9.17) is 5.11 Å². The molecule has 0 radical (unpaired) electrons. The Bertz CT molecular complexity index is 672. The molecule has 2 heterocycles. The van der Waals surface area contributed by atoms with Crippen molar-refractivity contribution in [1.82, 2.24) is 15.2 Å². The van der Waals surface area contributed by atoms with Crippen LogP contribution in [-0.4, -0.2) is 32.8 Å². The standard InChI is InChI=1S/C13H12N4O2S/c1-9-16-17-13(20-9)15-12(19)11-5-6-14-8-10(11)4-2-3-7-18/h5-6,8,18H,3,7H2,1H3,(H,15,17,19). The van der Waals surface area contributed by atoms with Gasteiger partial charge in [0.05, 0.1) is 17.7 Å². The quantitative estimate of drug-likeness (QED) is 0.829. The monoisotopic (exact) mass is 288 g/mol. The van der Waals surface area contributed by atoms with Gasteiger partial charge in [0.15, 0.2) is 0 Å². The minimum atomic E-state index is -0.308. The average molecular weight is 288 g/mol. The molecular weight excluding hydrogens is 276 g/mol. The molecule has 0 aromatic carbocycles. The number of nitrogens with zero attached hydrogens (tertiary/aromatic N) is 3. The molecular formula is C13H12N4O2S. The van der Waals surface area contributed by atoms with Crippen LogP contribution in [0, 0.1) is 18.8 Å². The van der Waals surface area contributed by atoms with Crippen molar-refractivity contribution in [3.63, 3.8) is 0 Å². The van der Waals surface area contributed by atoms with Gasteiger partial charge in [0.25, 0.3) is 5.91 Å². The molecule has 0 spiro atoms. The predicted octanol–water partition coefficient (Wildman–Crippen LogP) is 1.23. The Balaban J connectivity index is 2.19. The second-order valence-corrected chi connectivity index (χ2v) is 4.96.